The first-order valence-corrected chi connectivity index (χ1v) is 14.8. The normalized spacial score (nSPS) is 12.2. The average Bonchev–Trinajstić information content (AvgIpc) is 2.94. The smallest absolute Gasteiger partial charge is 0.264 e. The number of amides is 2. The zero-order chi connectivity index (χ0) is 30.2. The Balaban J connectivity index is 2.00. The summed E-state index contributed by atoms with van der Waals surface area (Å²) in [7, 11) is -2.60. The van der Waals surface area contributed by atoms with Gasteiger partial charge in [0.15, 0.2) is 0 Å². The second-order valence-electron chi connectivity index (χ2n) is 10.5. The molecule has 0 aliphatic rings. The van der Waals surface area contributed by atoms with E-state index in [-0.39, 0.29) is 17.3 Å². The van der Waals surface area contributed by atoms with E-state index in [9.17, 15) is 18.0 Å². The summed E-state index contributed by atoms with van der Waals surface area (Å²) in [6.07, 6.45) is 0. The maximum atomic E-state index is 14.0. The summed E-state index contributed by atoms with van der Waals surface area (Å²) in [4.78, 5) is 28.6. The molecular formula is C31H39N3O6S. The predicted molar refractivity (Wildman–Crippen MR) is 159 cm³/mol. The van der Waals surface area contributed by atoms with Crippen LogP contribution in [0.15, 0.2) is 83.8 Å². The van der Waals surface area contributed by atoms with Crippen LogP contribution in [0.4, 0.5) is 5.69 Å². The Labute approximate surface area is 243 Å². The van der Waals surface area contributed by atoms with Crippen LogP contribution in [-0.4, -0.2) is 57.0 Å². The summed E-state index contributed by atoms with van der Waals surface area (Å²) in [6.45, 7) is 9.07. The van der Waals surface area contributed by atoms with Crippen molar-refractivity contribution in [2.75, 3.05) is 24.6 Å². The summed E-state index contributed by atoms with van der Waals surface area (Å²) in [5.74, 6) is 0.315. The van der Waals surface area contributed by atoms with Crippen LogP contribution in [0.3, 0.4) is 0 Å². The Morgan fingerprint density at radius 2 is 1.49 bits per heavy atom. The fourth-order valence-electron chi connectivity index (χ4n) is 4.11. The van der Waals surface area contributed by atoms with Gasteiger partial charge in [-0.1, -0.05) is 30.3 Å². The van der Waals surface area contributed by atoms with Gasteiger partial charge in [-0.05, 0) is 88.7 Å². The number of nitrogens with zero attached hydrogens (tertiary/aromatic N) is 2. The predicted octanol–water partition coefficient (Wildman–Crippen LogP) is 4.62. The monoisotopic (exact) mass is 581 g/mol. The summed E-state index contributed by atoms with van der Waals surface area (Å²) in [5.41, 5.74) is 0.564. The van der Waals surface area contributed by atoms with E-state index in [1.54, 1.807) is 80.8 Å². The van der Waals surface area contributed by atoms with E-state index in [1.807, 2.05) is 27.7 Å². The lowest BCUT2D eigenvalue weighted by Gasteiger charge is -2.33. The topological polar surface area (TPSA) is 105 Å². The molecule has 3 aromatic rings. The van der Waals surface area contributed by atoms with Crippen molar-refractivity contribution in [3.63, 3.8) is 0 Å². The molecule has 0 aliphatic heterocycles. The van der Waals surface area contributed by atoms with Crippen LogP contribution in [0.1, 0.15) is 40.2 Å². The lowest BCUT2D eigenvalue weighted by molar-refractivity contribution is -0.140. The highest BCUT2D eigenvalue weighted by Crippen LogP contribution is 2.26. The molecular weight excluding hydrogens is 542 g/mol. The van der Waals surface area contributed by atoms with Gasteiger partial charge in [-0.2, -0.15) is 0 Å². The number of carbonyl (C=O) groups excluding carboxylic acids is 2. The van der Waals surface area contributed by atoms with E-state index in [0.29, 0.717) is 23.8 Å². The van der Waals surface area contributed by atoms with Crippen molar-refractivity contribution in [2.45, 2.75) is 57.6 Å². The van der Waals surface area contributed by atoms with E-state index in [4.69, 9.17) is 9.47 Å². The van der Waals surface area contributed by atoms with E-state index >= 15 is 0 Å². The third-order valence-electron chi connectivity index (χ3n) is 6.22. The molecule has 0 bridgehead atoms. The SMILES string of the molecule is CCOc1ccc(S(=O)(=O)N(CC(=O)N(Cc2ccc(OC)cc2)C(C)C(=O)NC(C)(C)C)c2ccccc2)cc1. The number of benzene rings is 3. The highest BCUT2D eigenvalue weighted by Gasteiger charge is 2.33. The van der Waals surface area contributed by atoms with Crippen molar-refractivity contribution in [3.8, 4) is 11.5 Å². The molecule has 0 heterocycles. The molecule has 41 heavy (non-hydrogen) atoms. The second-order valence-corrected chi connectivity index (χ2v) is 12.4. The van der Waals surface area contributed by atoms with Crippen molar-refractivity contribution in [1.29, 1.82) is 0 Å². The molecule has 2 amide bonds. The molecule has 220 valence electrons. The third-order valence-corrected chi connectivity index (χ3v) is 8.01. The number of hydrogen-bond acceptors (Lipinski definition) is 6. The lowest BCUT2D eigenvalue weighted by Crippen LogP contribution is -2.54. The fraction of sp³-hybridized carbons (Fsp3) is 0.355. The summed E-state index contributed by atoms with van der Waals surface area (Å²) >= 11 is 0. The van der Waals surface area contributed by atoms with Crippen LogP contribution in [0.25, 0.3) is 0 Å². The van der Waals surface area contributed by atoms with Gasteiger partial charge in [-0.25, -0.2) is 8.42 Å². The van der Waals surface area contributed by atoms with Crippen molar-refractivity contribution in [3.05, 3.63) is 84.4 Å². The van der Waals surface area contributed by atoms with Crippen molar-refractivity contribution in [1.82, 2.24) is 10.2 Å². The molecule has 0 aromatic heterocycles. The number of carbonyl (C=O) groups is 2. The van der Waals surface area contributed by atoms with Gasteiger partial charge < -0.3 is 19.7 Å². The van der Waals surface area contributed by atoms with Gasteiger partial charge in [0.1, 0.15) is 24.1 Å². The summed E-state index contributed by atoms with van der Waals surface area (Å²) < 4.78 is 39.6. The van der Waals surface area contributed by atoms with E-state index in [2.05, 4.69) is 5.32 Å². The highest BCUT2D eigenvalue weighted by atomic mass is 32.2. The largest absolute Gasteiger partial charge is 0.497 e. The third kappa shape index (κ3) is 8.47. The highest BCUT2D eigenvalue weighted by molar-refractivity contribution is 7.92. The molecule has 0 saturated heterocycles. The zero-order valence-electron chi connectivity index (χ0n) is 24.5. The van der Waals surface area contributed by atoms with Crippen LogP contribution in [0, 0.1) is 0 Å². The van der Waals surface area contributed by atoms with E-state index in [0.717, 1.165) is 9.87 Å². The van der Waals surface area contributed by atoms with E-state index < -0.39 is 34.1 Å². The molecule has 3 aromatic carbocycles. The maximum absolute atomic E-state index is 14.0. The number of para-hydroxylation sites is 1. The summed E-state index contributed by atoms with van der Waals surface area (Å²) in [6, 6.07) is 20.8. The number of ether oxygens (including phenoxy) is 2. The minimum atomic E-state index is -4.16. The van der Waals surface area contributed by atoms with Gasteiger partial charge in [0.25, 0.3) is 10.0 Å². The number of sulfonamides is 1. The first-order chi connectivity index (χ1) is 19.4. The Morgan fingerprint density at radius 1 is 0.902 bits per heavy atom. The fourth-order valence-corrected chi connectivity index (χ4v) is 5.52. The molecule has 0 radical (unpaired) electrons. The van der Waals surface area contributed by atoms with Crippen LogP contribution in [0.5, 0.6) is 11.5 Å². The minimum Gasteiger partial charge on any atom is -0.497 e. The number of hydrogen-bond donors (Lipinski definition) is 1. The van der Waals surface area contributed by atoms with Gasteiger partial charge in [0.2, 0.25) is 11.8 Å². The standard InChI is InChI=1S/C31H39N3O6S/c1-7-40-27-17-19-28(20-18-27)41(37,38)34(25-11-9-8-10-12-25)22-29(35)33(23(2)30(36)32-31(3,4)5)21-24-13-15-26(39-6)16-14-24/h8-20,23H,7,21-22H2,1-6H3,(H,32,36). The molecule has 1 atom stereocenters. The minimum absolute atomic E-state index is 0.0119. The number of nitrogens with one attached hydrogen (secondary N) is 1. The van der Waals surface area contributed by atoms with Gasteiger partial charge in [-0.15, -0.1) is 0 Å². The van der Waals surface area contributed by atoms with Crippen molar-refractivity contribution in [2.24, 2.45) is 0 Å². The molecule has 0 aliphatic carbocycles. The first-order valence-electron chi connectivity index (χ1n) is 13.4. The number of methoxy groups -OCH3 is 1. The molecule has 0 fully saturated rings. The van der Waals surface area contributed by atoms with Crippen LogP contribution < -0.4 is 19.1 Å². The average molecular weight is 582 g/mol. The number of rotatable bonds is 12. The van der Waals surface area contributed by atoms with Crippen LogP contribution in [-0.2, 0) is 26.2 Å². The van der Waals surface area contributed by atoms with Gasteiger partial charge in [0.05, 0.1) is 24.3 Å². The number of anilines is 1. The molecule has 9 nitrogen and oxygen atoms in total. The Hall–Kier alpha value is -4.05. The molecule has 1 unspecified atom stereocenters. The molecule has 3 rings (SSSR count). The molecule has 1 N–H and O–H groups in total. The van der Waals surface area contributed by atoms with Crippen LogP contribution in [0.2, 0.25) is 0 Å². The molecule has 10 heteroatoms. The zero-order valence-corrected chi connectivity index (χ0v) is 25.3. The quantitative estimate of drug-likeness (QED) is 0.335. The van der Waals surface area contributed by atoms with Crippen molar-refractivity contribution < 1.29 is 27.5 Å². The van der Waals surface area contributed by atoms with Gasteiger partial charge in [0, 0.05) is 12.1 Å². The van der Waals surface area contributed by atoms with Gasteiger partial charge in [-0.3, -0.25) is 13.9 Å². The Bertz CT molecular complexity index is 1400. The van der Waals surface area contributed by atoms with Gasteiger partial charge >= 0.3 is 0 Å². The molecule has 0 saturated carbocycles. The Morgan fingerprint density at radius 3 is 2.02 bits per heavy atom. The van der Waals surface area contributed by atoms with E-state index in [1.165, 1.54) is 17.0 Å². The molecule has 0 spiro atoms. The Kier molecular flexibility index (Phi) is 10.4. The summed E-state index contributed by atoms with van der Waals surface area (Å²) in [5, 5.41) is 2.92. The maximum Gasteiger partial charge on any atom is 0.264 e. The van der Waals surface area contributed by atoms with Crippen LogP contribution >= 0.6 is 0 Å². The van der Waals surface area contributed by atoms with Crippen molar-refractivity contribution >= 4 is 27.5 Å². The lowest BCUT2D eigenvalue weighted by atomic mass is 10.1. The first kappa shape index (κ1) is 31.5. The second kappa shape index (κ2) is 13.5.